The lowest BCUT2D eigenvalue weighted by atomic mass is 10.1. The fourth-order valence-corrected chi connectivity index (χ4v) is 6.87. The van der Waals surface area contributed by atoms with E-state index in [2.05, 4.69) is 86.1 Å². The molecular weight excluding hydrogens is 326 g/mol. The van der Waals surface area contributed by atoms with Crippen molar-refractivity contribution in [3.05, 3.63) is 60.7 Å². The van der Waals surface area contributed by atoms with Gasteiger partial charge in [-0.05, 0) is 73.5 Å². The van der Waals surface area contributed by atoms with Crippen molar-refractivity contribution in [3.8, 4) is 0 Å². The van der Waals surface area contributed by atoms with Gasteiger partial charge in [-0.1, -0.05) is 36.4 Å². The standard InChI is InChI=1S/C22H31NOS/c1-18(2)24-22(21-15-10-16-23-21)17-25(3,19-11-6-4-7-12-19)20-13-8-5-9-14-20/h4-9,11-14,18,21-23H,10,15-17H2,1-3H3/t21-,22+/m1/s1. The molecule has 3 rings (SSSR count). The van der Waals surface area contributed by atoms with E-state index < -0.39 is 10.0 Å². The molecule has 2 nitrogen and oxygen atoms in total. The van der Waals surface area contributed by atoms with Gasteiger partial charge in [0.1, 0.15) is 0 Å². The summed E-state index contributed by atoms with van der Waals surface area (Å²) in [6.07, 6.45) is 5.43. The van der Waals surface area contributed by atoms with E-state index in [1.807, 2.05) is 0 Å². The Morgan fingerprint density at radius 1 is 1.00 bits per heavy atom. The zero-order valence-electron chi connectivity index (χ0n) is 15.7. The van der Waals surface area contributed by atoms with Gasteiger partial charge in [0.25, 0.3) is 0 Å². The first-order valence-corrected chi connectivity index (χ1v) is 11.6. The quantitative estimate of drug-likeness (QED) is 0.746. The van der Waals surface area contributed by atoms with Crippen molar-refractivity contribution in [2.75, 3.05) is 18.6 Å². The number of ether oxygens (including phenoxy) is 1. The van der Waals surface area contributed by atoms with E-state index in [9.17, 15) is 0 Å². The fourth-order valence-electron chi connectivity index (χ4n) is 3.73. The molecule has 0 unspecified atom stereocenters. The predicted molar refractivity (Wildman–Crippen MR) is 109 cm³/mol. The van der Waals surface area contributed by atoms with Crippen LogP contribution in [0, 0.1) is 0 Å². The molecular formula is C22H31NOS. The van der Waals surface area contributed by atoms with Crippen molar-refractivity contribution in [3.63, 3.8) is 0 Å². The molecule has 1 aliphatic heterocycles. The van der Waals surface area contributed by atoms with Crippen LogP contribution in [0.2, 0.25) is 0 Å². The molecule has 1 aliphatic rings. The second-order valence-corrected chi connectivity index (χ2v) is 10.8. The lowest BCUT2D eigenvalue weighted by molar-refractivity contribution is 0.00335. The molecule has 2 aromatic rings. The Labute approximate surface area is 154 Å². The van der Waals surface area contributed by atoms with Gasteiger partial charge >= 0.3 is 0 Å². The molecule has 2 atom stereocenters. The third-order valence-corrected chi connectivity index (χ3v) is 8.64. The van der Waals surface area contributed by atoms with E-state index in [1.165, 1.54) is 22.6 Å². The van der Waals surface area contributed by atoms with Gasteiger partial charge in [0.15, 0.2) is 0 Å². The number of rotatable bonds is 7. The number of hydrogen-bond donors (Lipinski definition) is 1. The van der Waals surface area contributed by atoms with Gasteiger partial charge in [-0.3, -0.25) is 0 Å². The van der Waals surface area contributed by atoms with E-state index in [0.29, 0.717) is 6.04 Å². The highest BCUT2D eigenvalue weighted by molar-refractivity contribution is 8.33. The highest BCUT2D eigenvalue weighted by Gasteiger charge is 2.33. The molecule has 1 N–H and O–H groups in total. The smallest absolute Gasteiger partial charge is 0.0813 e. The van der Waals surface area contributed by atoms with Crippen molar-refractivity contribution in [2.45, 2.75) is 54.7 Å². The molecule has 0 saturated carbocycles. The van der Waals surface area contributed by atoms with E-state index in [4.69, 9.17) is 4.74 Å². The Kier molecular flexibility index (Phi) is 6.21. The van der Waals surface area contributed by atoms with Gasteiger partial charge in [-0.25, -0.2) is 0 Å². The highest BCUT2D eigenvalue weighted by Crippen LogP contribution is 2.60. The van der Waals surface area contributed by atoms with Crippen molar-refractivity contribution < 1.29 is 4.74 Å². The van der Waals surface area contributed by atoms with Crippen molar-refractivity contribution >= 4 is 10.0 Å². The largest absolute Gasteiger partial charge is 0.373 e. The van der Waals surface area contributed by atoms with Gasteiger partial charge in [0.2, 0.25) is 0 Å². The average Bonchev–Trinajstić information content (AvgIpc) is 3.17. The topological polar surface area (TPSA) is 21.3 Å². The molecule has 0 radical (unpaired) electrons. The average molecular weight is 358 g/mol. The maximum absolute atomic E-state index is 6.43. The Balaban J connectivity index is 1.96. The summed E-state index contributed by atoms with van der Waals surface area (Å²) in [7, 11) is -1.14. The maximum atomic E-state index is 6.43. The lowest BCUT2D eigenvalue weighted by Crippen LogP contribution is -2.41. The van der Waals surface area contributed by atoms with Crippen LogP contribution in [0.4, 0.5) is 0 Å². The first-order valence-electron chi connectivity index (χ1n) is 9.34. The summed E-state index contributed by atoms with van der Waals surface area (Å²) in [4.78, 5) is 2.88. The van der Waals surface area contributed by atoms with Crippen LogP contribution in [0.1, 0.15) is 26.7 Å². The Morgan fingerprint density at radius 2 is 1.56 bits per heavy atom. The predicted octanol–water partition coefficient (Wildman–Crippen LogP) is 5.08. The third-order valence-electron chi connectivity index (χ3n) is 5.02. The Hall–Kier alpha value is -1.29. The summed E-state index contributed by atoms with van der Waals surface area (Å²) in [6, 6.07) is 22.5. The molecule has 0 spiro atoms. The summed E-state index contributed by atoms with van der Waals surface area (Å²) in [5, 5.41) is 3.68. The van der Waals surface area contributed by atoms with Gasteiger partial charge in [-0.15, -0.1) is 0 Å². The molecule has 25 heavy (non-hydrogen) atoms. The lowest BCUT2D eigenvalue weighted by Gasteiger charge is -2.41. The van der Waals surface area contributed by atoms with Crippen LogP contribution in [0.25, 0.3) is 0 Å². The summed E-state index contributed by atoms with van der Waals surface area (Å²) in [5.74, 6) is 1.07. The monoisotopic (exact) mass is 357 g/mol. The molecule has 1 saturated heterocycles. The van der Waals surface area contributed by atoms with Crippen molar-refractivity contribution in [1.29, 1.82) is 0 Å². The Morgan fingerprint density at radius 3 is 2.00 bits per heavy atom. The van der Waals surface area contributed by atoms with Gasteiger partial charge < -0.3 is 10.1 Å². The fraction of sp³-hybridized carbons (Fsp3) is 0.455. The minimum atomic E-state index is -1.14. The van der Waals surface area contributed by atoms with Crippen LogP contribution in [0.5, 0.6) is 0 Å². The van der Waals surface area contributed by atoms with Gasteiger partial charge in [-0.2, -0.15) is 10.0 Å². The third kappa shape index (κ3) is 4.46. The second kappa shape index (κ2) is 8.39. The van der Waals surface area contributed by atoms with Crippen LogP contribution in [0.3, 0.4) is 0 Å². The van der Waals surface area contributed by atoms with Crippen LogP contribution in [0.15, 0.2) is 70.5 Å². The van der Waals surface area contributed by atoms with Crippen LogP contribution >= 0.6 is 10.0 Å². The molecule has 2 aromatic carbocycles. The Bertz CT molecular complexity index is 598. The van der Waals surface area contributed by atoms with Gasteiger partial charge in [0.05, 0.1) is 12.2 Å². The first kappa shape index (κ1) is 18.5. The van der Waals surface area contributed by atoms with E-state index in [1.54, 1.807) is 0 Å². The molecule has 0 amide bonds. The van der Waals surface area contributed by atoms with Crippen molar-refractivity contribution in [2.24, 2.45) is 0 Å². The molecule has 0 bridgehead atoms. The molecule has 3 heteroatoms. The summed E-state index contributed by atoms with van der Waals surface area (Å²) < 4.78 is 6.43. The normalized spacial score (nSPS) is 19.9. The molecule has 136 valence electrons. The molecule has 0 aromatic heterocycles. The van der Waals surface area contributed by atoms with Crippen LogP contribution in [-0.4, -0.2) is 36.8 Å². The number of hydrogen-bond acceptors (Lipinski definition) is 2. The number of nitrogens with one attached hydrogen (secondary N) is 1. The number of benzene rings is 2. The molecule has 1 heterocycles. The maximum Gasteiger partial charge on any atom is 0.0813 e. The second-order valence-electron chi connectivity index (χ2n) is 7.31. The zero-order chi connectivity index (χ0) is 17.7. The van der Waals surface area contributed by atoms with Gasteiger partial charge in [0, 0.05) is 11.8 Å². The van der Waals surface area contributed by atoms with Crippen molar-refractivity contribution in [1.82, 2.24) is 5.32 Å². The minimum absolute atomic E-state index is 0.252. The van der Waals surface area contributed by atoms with E-state index in [-0.39, 0.29) is 12.2 Å². The molecule has 1 fully saturated rings. The first-order chi connectivity index (χ1) is 12.1. The summed E-state index contributed by atoms with van der Waals surface area (Å²) in [5.41, 5.74) is 0. The summed E-state index contributed by atoms with van der Waals surface area (Å²) in [6.45, 7) is 5.42. The van der Waals surface area contributed by atoms with E-state index >= 15 is 0 Å². The molecule has 0 aliphatic carbocycles. The zero-order valence-corrected chi connectivity index (χ0v) is 16.5. The van der Waals surface area contributed by atoms with E-state index in [0.717, 1.165) is 12.3 Å². The van der Waals surface area contributed by atoms with Crippen LogP contribution < -0.4 is 5.32 Å². The highest BCUT2D eigenvalue weighted by atomic mass is 32.3. The van der Waals surface area contributed by atoms with Crippen LogP contribution in [-0.2, 0) is 4.74 Å². The SMILES string of the molecule is CC(C)O[C@@H](CS(C)(c1ccccc1)c1ccccc1)[C@H]1CCCN1. The minimum Gasteiger partial charge on any atom is -0.373 e. The summed E-state index contributed by atoms with van der Waals surface area (Å²) >= 11 is 0.